The van der Waals surface area contributed by atoms with Crippen LogP contribution < -0.4 is 5.73 Å². The van der Waals surface area contributed by atoms with Crippen LogP contribution >= 0.6 is 15.9 Å². The summed E-state index contributed by atoms with van der Waals surface area (Å²) < 4.78 is 14.6. The highest BCUT2D eigenvalue weighted by Gasteiger charge is 2.45. The molecular formula is C13H17BrFN. The molecule has 3 heteroatoms. The maximum absolute atomic E-state index is 14.1. The van der Waals surface area contributed by atoms with Gasteiger partial charge in [-0.2, -0.15) is 0 Å². The first-order valence-corrected chi connectivity index (χ1v) is 6.49. The van der Waals surface area contributed by atoms with E-state index in [1.807, 2.05) is 12.1 Å². The molecule has 1 nitrogen and oxygen atoms in total. The molecule has 1 aromatic carbocycles. The maximum Gasteiger partial charge on any atom is 0.141 e. The summed E-state index contributed by atoms with van der Waals surface area (Å²) in [7, 11) is 0. The fraction of sp³-hybridized carbons (Fsp3) is 0.538. The smallest absolute Gasteiger partial charge is 0.141 e. The molecule has 1 aliphatic carbocycles. The van der Waals surface area contributed by atoms with Gasteiger partial charge in [-0.05, 0) is 51.9 Å². The standard InChI is InChI=1S/C13H17BrFN/c1-8(2)9-5-10(12(15)11(14)6-9)13(7-16)3-4-13/h5-6,8H,3-4,7,16H2,1-2H3. The molecule has 1 saturated carbocycles. The second kappa shape index (κ2) is 4.11. The van der Waals surface area contributed by atoms with Crippen LogP contribution in [0.4, 0.5) is 4.39 Å². The Bertz CT molecular complexity index is 411. The van der Waals surface area contributed by atoms with E-state index in [0.29, 0.717) is 16.9 Å². The second-order valence-electron chi connectivity index (χ2n) is 5.00. The van der Waals surface area contributed by atoms with E-state index in [1.54, 1.807) is 0 Å². The highest BCUT2D eigenvalue weighted by molar-refractivity contribution is 9.10. The van der Waals surface area contributed by atoms with E-state index in [2.05, 4.69) is 29.8 Å². The molecule has 16 heavy (non-hydrogen) atoms. The first-order valence-electron chi connectivity index (χ1n) is 5.69. The Morgan fingerprint density at radius 1 is 1.44 bits per heavy atom. The average Bonchev–Trinajstić information content (AvgIpc) is 3.02. The van der Waals surface area contributed by atoms with Crippen LogP contribution in [0.2, 0.25) is 0 Å². The summed E-state index contributed by atoms with van der Waals surface area (Å²) in [6.07, 6.45) is 2.02. The number of hydrogen-bond acceptors (Lipinski definition) is 1. The topological polar surface area (TPSA) is 26.0 Å². The van der Waals surface area contributed by atoms with Gasteiger partial charge < -0.3 is 5.73 Å². The SMILES string of the molecule is CC(C)c1cc(Br)c(F)c(C2(CN)CC2)c1. The third-order valence-corrected chi connectivity index (χ3v) is 4.11. The molecule has 88 valence electrons. The third kappa shape index (κ3) is 1.91. The minimum atomic E-state index is -0.132. The summed E-state index contributed by atoms with van der Waals surface area (Å²) in [4.78, 5) is 0. The lowest BCUT2D eigenvalue weighted by molar-refractivity contribution is 0.565. The van der Waals surface area contributed by atoms with Gasteiger partial charge in [0.15, 0.2) is 0 Å². The molecule has 0 heterocycles. The second-order valence-corrected chi connectivity index (χ2v) is 5.86. The first-order chi connectivity index (χ1) is 7.50. The molecular weight excluding hydrogens is 269 g/mol. The largest absolute Gasteiger partial charge is 0.330 e. The van der Waals surface area contributed by atoms with Gasteiger partial charge in [-0.15, -0.1) is 0 Å². The minimum absolute atomic E-state index is 0.0858. The minimum Gasteiger partial charge on any atom is -0.330 e. The van der Waals surface area contributed by atoms with Crippen LogP contribution in [0.5, 0.6) is 0 Å². The van der Waals surface area contributed by atoms with Gasteiger partial charge in [0, 0.05) is 12.0 Å². The Morgan fingerprint density at radius 2 is 2.06 bits per heavy atom. The predicted octanol–water partition coefficient (Wildman–Crippen LogP) is 3.70. The van der Waals surface area contributed by atoms with Crippen molar-refractivity contribution in [2.45, 2.75) is 38.0 Å². The Kier molecular flexibility index (Phi) is 3.10. The van der Waals surface area contributed by atoms with Crippen molar-refractivity contribution in [1.82, 2.24) is 0 Å². The van der Waals surface area contributed by atoms with Crippen LogP contribution in [0.3, 0.4) is 0 Å². The van der Waals surface area contributed by atoms with E-state index in [9.17, 15) is 4.39 Å². The van der Waals surface area contributed by atoms with Crippen molar-refractivity contribution in [1.29, 1.82) is 0 Å². The van der Waals surface area contributed by atoms with E-state index in [4.69, 9.17) is 5.73 Å². The Hall–Kier alpha value is -0.410. The van der Waals surface area contributed by atoms with E-state index >= 15 is 0 Å². The predicted molar refractivity (Wildman–Crippen MR) is 68.2 cm³/mol. The lowest BCUT2D eigenvalue weighted by Crippen LogP contribution is -2.21. The van der Waals surface area contributed by atoms with Crippen LogP contribution in [0.15, 0.2) is 16.6 Å². The van der Waals surface area contributed by atoms with Gasteiger partial charge in [0.2, 0.25) is 0 Å². The molecule has 0 aromatic heterocycles. The van der Waals surface area contributed by atoms with E-state index in [1.165, 1.54) is 5.56 Å². The molecule has 0 unspecified atom stereocenters. The quantitative estimate of drug-likeness (QED) is 0.900. The molecule has 0 saturated heterocycles. The van der Waals surface area contributed by atoms with Gasteiger partial charge >= 0.3 is 0 Å². The molecule has 2 rings (SSSR count). The van der Waals surface area contributed by atoms with Gasteiger partial charge in [-0.3, -0.25) is 0 Å². The fourth-order valence-electron chi connectivity index (χ4n) is 2.06. The van der Waals surface area contributed by atoms with Gasteiger partial charge in [0.25, 0.3) is 0 Å². The van der Waals surface area contributed by atoms with Crippen molar-refractivity contribution < 1.29 is 4.39 Å². The average molecular weight is 286 g/mol. The number of nitrogens with two attached hydrogens (primary N) is 1. The Morgan fingerprint density at radius 3 is 2.50 bits per heavy atom. The summed E-state index contributed by atoms with van der Waals surface area (Å²) in [6.45, 7) is 4.77. The van der Waals surface area contributed by atoms with Crippen molar-refractivity contribution in [2.24, 2.45) is 5.73 Å². The zero-order chi connectivity index (χ0) is 11.9. The summed E-state index contributed by atoms with van der Waals surface area (Å²) in [5, 5.41) is 0. The van der Waals surface area contributed by atoms with Crippen molar-refractivity contribution in [3.8, 4) is 0 Å². The number of halogens is 2. The molecule has 1 aromatic rings. The van der Waals surface area contributed by atoms with Gasteiger partial charge in [-0.25, -0.2) is 4.39 Å². The zero-order valence-electron chi connectivity index (χ0n) is 9.69. The van der Waals surface area contributed by atoms with Crippen LogP contribution in [0, 0.1) is 5.82 Å². The van der Waals surface area contributed by atoms with Crippen molar-refractivity contribution in [2.75, 3.05) is 6.54 Å². The molecule has 0 radical (unpaired) electrons. The first kappa shape index (κ1) is 12.1. The van der Waals surface area contributed by atoms with Crippen LogP contribution in [0.1, 0.15) is 43.7 Å². The lowest BCUT2D eigenvalue weighted by Gasteiger charge is -2.18. The van der Waals surface area contributed by atoms with Crippen LogP contribution in [-0.4, -0.2) is 6.54 Å². The fourth-order valence-corrected chi connectivity index (χ4v) is 2.54. The molecule has 1 aliphatic rings. The van der Waals surface area contributed by atoms with Gasteiger partial charge in [-0.1, -0.05) is 19.9 Å². The maximum atomic E-state index is 14.1. The Balaban J connectivity index is 2.52. The highest BCUT2D eigenvalue weighted by Crippen LogP contribution is 2.49. The molecule has 0 bridgehead atoms. The van der Waals surface area contributed by atoms with E-state index < -0.39 is 0 Å². The van der Waals surface area contributed by atoms with Crippen LogP contribution in [0.25, 0.3) is 0 Å². The summed E-state index contributed by atoms with van der Waals surface area (Å²) >= 11 is 3.30. The third-order valence-electron chi connectivity index (χ3n) is 3.53. The van der Waals surface area contributed by atoms with Crippen LogP contribution in [-0.2, 0) is 5.41 Å². The number of hydrogen-bond donors (Lipinski definition) is 1. The Labute approximate surface area is 104 Å². The normalized spacial score (nSPS) is 17.9. The molecule has 0 amide bonds. The van der Waals surface area contributed by atoms with Crippen molar-refractivity contribution in [3.63, 3.8) is 0 Å². The summed E-state index contributed by atoms with van der Waals surface area (Å²) in [5.41, 5.74) is 7.65. The number of rotatable bonds is 3. The monoisotopic (exact) mass is 285 g/mol. The molecule has 1 fully saturated rings. The zero-order valence-corrected chi connectivity index (χ0v) is 11.3. The van der Waals surface area contributed by atoms with Gasteiger partial charge in [0.1, 0.15) is 5.82 Å². The van der Waals surface area contributed by atoms with Crippen molar-refractivity contribution in [3.05, 3.63) is 33.5 Å². The number of benzene rings is 1. The molecule has 0 spiro atoms. The highest BCUT2D eigenvalue weighted by atomic mass is 79.9. The van der Waals surface area contributed by atoms with E-state index in [-0.39, 0.29) is 11.2 Å². The lowest BCUT2D eigenvalue weighted by atomic mass is 9.91. The molecule has 0 atom stereocenters. The van der Waals surface area contributed by atoms with E-state index in [0.717, 1.165) is 18.4 Å². The van der Waals surface area contributed by atoms with Crippen molar-refractivity contribution >= 4 is 15.9 Å². The summed E-state index contributed by atoms with van der Waals surface area (Å²) in [6, 6.07) is 3.86. The molecule has 2 N–H and O–H groups in total. The summed E-state index contributed by atoms with van der Waals surface area (Å²) in [5.74, 6) is 0.275. The molecule has 0 aliphatic heterocycles. The van der Waals surface area contributed by atoms with Gasteiger partial charge in [0.05, 0.1) is 4.47 Å².